The van der Waals surface area contributed by atoms with Crippen molar-refractivity contribution in [2.24, 2.45) is 11.8 Å². The Morgan fingerprint density at radius 3 is 2.65 bits per heavy atom. The number of hydrogen-bond acceptors (Lipinski definition) is 6. The average Bonchev–Trinajstić information content (AvgIpc) is 3.32. The van der Waals surface area contributed by atoms with Crippen molar-refractivity contribution in [2.75, 3.05) is 19.8 Å². The molecule has 1 saturated carbocycles. The number of allylic oxidation sites excluding steroid dienone is 2. The first-order valence-corrected chi connectivity index (χ1v) is 11.0. The van der Waals surface area contributed by atoms with Gasteiger partial charge in [0.05, 0.1) is 19.3 Å². The minimum Gasteiger partial charge on any atom is -0.488 e. The Balaban J connectivity index is 1.53. The van der Waals surface area contributed by atoms with Gasteiger partial charge in [0.2, 0.25) is 5.79 Å². The molecule has 1 aliphatic carbocycles. The number of carbonyl (C=O) groups is 2. The van der Waals surface area contributed by atoms with E-state index in [2.05, 4.69) is 0 Å². The summed E-state index contributed by atoms with van der Waals surface area (Å²) in [4.78, 5) is 23.0. The van der Waals surface area contributed by atoms with Gasteiger partial charge in [-0.25, -0.2) is 0 Å². The Labute approximate surface area is 183 Å². The van der Waals surface area contributed by atoms with Gasteiger partial charge in [-0.2, -0.15) is 0 Å². The molecular formula is C24H32O7. The van der Waals surface area contributed by atoms with E-state index in [1.165, 1.54) is 0 Å². The summed E-state index contributed by atoms with van der Waals surface area (Å²) in [6, 6.07) is 9.48. The zero-order valence-corrected chi connectivity index (χ0v) is 17.8. The highest BCUT2D eigenvalue weighted by molar-refractivity contribution is 5.84. The van der Waals surface area contributed by atoms with Crippen LogP contribution in [0.4, 0.5) is 0 Å². The number of aliphatic hydroxyl groups excluding tert-OH is 1. The van der Waals surface area contributed by atoms with Crippen molar-refractivity contribution in [3.8, 4) is 5.75 Å². The molecule has 7 nitrogen and oxygen atoms in total. The van der Waals surface area contributed by atoms with Crippen molar-refractivity contribution in [3.05, 3.63) is 42.5 Å². The molecule has 1 heterocycles. The summed E-state index contributed by atoms with van der Waals surface area (Å²) in [5.41, 5.74) is 0. The van der Waals surface area contributed by atoms with E-state index in [1.807, 2.05) is 42.5 Å². The standard InChI is InChI=1S/C24H32O7/c25-21-16-22(26)20(19(21)10-6-1-2-7-11-23(27)28)12-13-24(30-14-15-31-24)17-29-18-8-4-3-5-9-18/h1,3-6,8-9,19-20,22,26H,2,7,10-17H2,(H,27,28)/b6-1-/t19-,20-,22-/m1/s1. The molecule has 0 radical (unpaired) electrons. The van der Waals surface area contributed by atoms with Crippen molar-refractivity contribution in [1.29, 1.82) is 0 Å². The molecule has 1 saturated heterocycles. The first-order valence-electron chi connectivity index (χ1n) is 11.0. The van der Waals surface area contributed by atoms with Crippen molar-refractivity contribution >= 4 is 11.8 Å². The molecule has 31 heavy (non-hydrogen) atoms. The van der Waals surface area contributed by atoms with Gasteiger partial charge in [0.1, 0.15) is 18.1 Å². The van der Waals surface area contributed by atoms with Crippen LogP contribution in [0.15, 0.2) is 42.5 Å². The van der Waals surface area contributed by atoms with Gasteiger partial charge in [-0.05, 0) is 43.7 Å². The number of aliphatic hydroxyl groups is 1. The highest BCUT2D eigenvalue weighted by atomic mass is 16.8. The van der Waals surface area contributed by atoms with Crippen LogP contribution in [0.5, 0.6) is 5.75 Å². The lowest BCUT2D eigenvalue weighted by Crippen LogP contribution is -2.38. The van der Waals surface area contributed by atoms with E-state index < -0.39 is 17.9 Å². The predicted octanol–water partition coefficient (Wildman–Crippen LogP) is 3.36. The van der Waals surface area contributed by atoms with Gasteiger partial charge >= 0.3 is 5.97 Å². The SMILES string of the molecule is O=C(O)CCC/C=C\C[C@H]1C(=O)C[C@@H](O)[C@@H]1CCC1(COc2ccccc2)OCCO1. The zero-order valence-electron chi connectivity index (χ0n) is 17.8. The first-order chi connectivity index (χ1) is 15.0. The highest BCUT2D eigenvalue weighted by Crippen LogP contribution is 2.38. The molecule has 3 atom stereocenters. The number of carboxylic acid groups (broad SMARTS) is 1. The third-order valence-electron chi connectivity index (χ3n) is 6.03. The number of ketones is 1. The number of para-hydroxylation sites is 1. The van der Waals surface area contributed by atoms with Gasteiger partial charge in [0, 0.05) is 25.2 Å². The van der Waals surface area contributed by atoms with Crippen LogP contribution in [0, 0.1) is 11.8 Å². The zero-order chi connectivity index (χ0) is 22.1. The minimum absolute atomic E-state index is 0.0792. The summed E-state index contributed by atoms with van der Waals surface area (Å²) in [5, 5.41) is 19.2. The average molecular weight is 433 g/mol. The topological polar surface area (TPSA) is 102 Å². The number of carboxylic acids is 1. The molecule has 1 aromatic carbocycles. The molecule has 7 heteroatoms. The lowest BCUT2D eigenvalue weighted by molar-refractivity contribution is -0.185. The van der Waals surface area contributed by atoms with Gasteiger partial charge in [0.15, 0.2) is 0 Å². The normalized spacial score (nSPS) is 25.3. The van der Waals surface area contributed by atoms with E-state index in [1.54, 1.807) is 0 Å². The maximum Gasteiger partial charge on any atom is 0.303 e. The van der Waals surface area contributed by atoms with Crippen molar-refractivity contribution < 1.29 is 34.0 Å². The van der Waals surface area contributed by atoms with E-state index in [9.17, 15) is 14.7 Å². The van der Waals surface area contributed by atoms with Crippen molar-refractivity contribution in [2.45, 2.75) is 56.8 Å². The Bertz CT molecular complexity index is 740. The highest BCUT2D eigenvalue weighted by Gasteiger charge is 2.44. The van der Waals surface area contributed by atoms with Crippen molar-refractivity contribution in [1.82, 2.24) is 0 Å². The number of aliphatic carboxylic acids is 1. The van der Waals surface area contributed by atoms with Crippen LogP contribution < -0.4 is 4.74 Å². The van der Waals surface area contributed by atoms with E-state index in [-0.39, 0.29) is 37.1 Å². The summed E-state index contributed by atoms with van der Waals surface area (Å²) < 4.78 is 17.6. The fourth-order valence-electron chi connectivity index (χ4n) is 4.34. The van der Waals surface area contributed by atoms with Crippen LogP contribution in [-0.2, 0) is 19.1 Å². The maximum absolute atomic E-state index is 12.4. The Morgan fingerprint density at radius 1 is 1.19 bits per heavy atom. The summed E-state index contributed by atoms with van der Waals surface area (Å²) >= 11 is 0. The quantitative estimate of drug-likeness (QED) is 0.386. The number of Topliss-reactive ketones (excluding diaryl/α,β-unsaturated/α-hetero) is 1. The van der Waals surface area contributed by atoms with E-state index in [0.717, 1.165) is 5.75 Å². The Morgan fingerprint density at radius 2 is 1.94 bits per heavy atom. The summed E-state index contributed by atoms with van der Waals surface area (Å²) in [6.07, 6.45) is 6.46. The fraction of sp³-hybridized carbons (Fsp3) is 0.583. The molecule has 2 N–H and O–H groups in total. The van der Waals surface area contributed by atoms with Crippen LogP contribution in [0.2, 0.25) is 0 Å². The lowest BCUT2D eigenvalue weighted by atomic mass is 9.86. The molecule has 0 bridgehead atoms. The van der Waals surface area contributed by atoms with Crippen LogP contribution in [-0.4, -0.2) is 53.7 Å². The second-order valence-corrected chi connectivity index (χ2v) is 8.25. The number of rotatable bonds is 12. The molecule has 1 aromatic rings. The van der Waals surface area contributed by atoms with Gasteiger partial charge < -0.3 is 24.4 Å². The molecule has 2 aliphatic rings. The molecule has 0 aromatic heterocycles. The van der Waals surface area contributed by atoms with Crippen molar-refractivity contribution in [3.63, 3.8) is 0 Å². The van der Waals surface area contributed by atoms with E-state index >= 15 is 0 Å². The van der Waals surface area contributed by atoms with Gasteiger partial charge in [0.25, 0.3) is 0 Å². The molecular weight excluding hydrogens is 400 g/mol. The maximum atomic E-state index is 12.4. The Hall–Kier alpha value is -2.22. The summed E-state index contributed by atoms with van der Waals surface area (Å²) in [5.74, 6) is -1.24. The predicted molar refractivity (Wildman–Crippen MR) is 114 cm³/mol. The Kier molecular flexibility index (Phi) is 8.63. The smallest absolute Gasteiger partial charge is 0.303 e. The number of carbonyl (C=O) groups excluding carboxylic acids is 1. The molecule has 2 fully saturated rings. The summed E-state index contributed by atoms with van der Waals surface area (Å²) in [7, 11) is 0. The minimum atomic E-state index is -0.863. The number of ether oxygens (including phenoxy) is 3. The van der Waals surface area contributed by atoms with E-state index in [4.69, 9.17) is 19.3 Å². The van der Waals surface area contributed by atoms with Gasteiger partial charge in [-0.15, -0.1) is 0 Å². The van der Waals surface area contributed by atoms with E-state index in [0.29, 0.717) is 45.3 Å². The summed E-state index contributed by atoms with van der Waals surface area (Å²) in [6.45, 7) is 1.24. The number of unbranched alkanes of at least 4 members (excludes halogenated alkanes) is 1. The monoisotopic (exact) mass is 432 g/mol. The van der Waals surface area contributed by atoms with Crippen LogP contribution in [0.25, 0.3) is 0 Å². The molecule has 1 aliphatic heterocycles. The molecule has 3 rings (SSSR count). The number of hydrogen-bond donors (Lipinski definition) is 2. The molecule has 0 amide bonds. The second-order valence-electron chi connectivity index (χ2n) is 8.25. The van der Waals surface area contributed by atoms with Crippen LogP contribution in [0.1, 0.15) is 44.9 Å². The second kappa shape index (κ2) is 11.4. The van der Waals surface area contributed by atoms with Gasteiger partial charge in [-0.3, -0.25) is 9.59 Å². The molecule has 0 unspecified atom stereocenters. The molecule has 170 valence electrons. The van der Waals surface area contributed by atoms with Crippen LogP contribution in [0.3, 0.4) is 0 Å². The first kappa shape index (κ1) is 23.4. The molecule has 0 spiro atoms. The van der Waals surface area contributed by atoms with Gasteiger partial charge in [-0.1, -0.05) is 30.4 Å². The van der Waals surface area contributed by atoms with Crippen LogP contribution >= 0.6 is 0 Å². The fourth-order valence-corrected chi connectivity index (χ4v) is 4.34. The largest absolute Gasteiger partial charge is 0.488 e. The third kappa shape index (κ3) is 6.89. The lowest BCUT2D eigenvalue weighted by Gasteiger charge is -2.30. The third-order valence-corrected chi connectivity index (χ3v) is 6.03. The number of benzene rings is 1.